The van der Waals surface area contributed by atoms with Crippen LogP contribution in [0.3, 0.4) is 0 Å². The molecule has 1 heterocycles. The third-order valence-electron chi connectivity index (χ3n) is 8.37. The van der Waals surface area contributed by atoms with Gasteiger partial charge in [-0.3, -0.25) is 9.59 Å². The Hall–Kier alpha value is -1.16. The number of hydrogen-bond acceptors (Lipinski definition) is 2. The molecule has 4 heteroatoms. The first-order chi connectivity index (χ1) is 12.7. The van der Waals surface area contributed by atoms with Crippen LogP contribution in [0.1, 0.15) is 52.0 Å². The molecular formula is C23H30BrNO2. The number of nitrogens with zero attached hydrogens (tertiary/aromatic N) is 1. The van der Waals surface area contributed by atoms with E-state index in [0.29, 0.717) is 5.92 Å². The topological polar surface area (TPSA) is 37.4 Å². The van der Waals surface area contributed by atoms with Crippen LogP contribution in [0.5, 0.6) is 0 Å². The Kier molecular flexibility index (Phi) is 4.57. The van der Waals surface area contributed by atoms with Gasteiger partial charge in [-0.25, -0.2) is 0 Å². The van der Waals surface area contributed by atoms with E-state index in [9.17, 15) is 9.59 Å². The van der Waals surface area contributed by atoms with Gasteiger partial charge in [-0.1, -0.05) is 67.0 Å². The summed E-state index contributed by atoms with van der Waals surface area (Å²) in [7, 11) is 0. The highest BCUT2D eigenvalue weighted by atomic mass is 79.9. The monoisotopic (exact) mass is 431 g/mol. The number of ketones is 1. The van der Waals surface area contributed by atoms with Crippen molar-refractivity contribution in [3.63, 3.8) is 0 Å². The Morgan fingerprint density at radius 1 is 1.11 bits per heavy atom. The van der Waals surface area contributed by atoms with Crippen LogP contribution in [0.15, 0.2) is 30.3 Å². The van der Waals surface area contributed by atoms with Gasteiger partial charge in [-0.05, 0) is 49.0 Å². The number of hydrogen-bond donors (Lipinski definition) is 0. The van der Waals surface area contributed by atoms with Crippen molar-refractivity contribution in [2.75, 3.05) is 13.1 Å². The van der Waals surface area contributed by atoms with E-state index in [2.05, 4.69) is 71.9 Å². The fourth-order valence-corrected chi connectivity index (χ4v) is 7.50. The van der Waals surface area contributed by atoms with Crippen LogP contribution in [0.4, 0.5) is 0 Å². The van der Waals surface area contributed by atoms with Crippen LogP contribution >= 0.6 is 15.9 Å². The molecule has 3 unspecified atom stereocenters. The molecule has 1 saturated heterocycles. The molecule has 27 heavy (non-hydrogen) atoms. The number of piperidine rings is 1. The zero-order valence-electron chi connectivity index (χ0n) is 16.6. The Morgan fingerprint density at radius 3 is 2.30 bits per heavy atom. The van der Waals surface area contributed by atoms with Gasteiger partial charge < -0.3 is 4.90 Å². The molecule has 3 nitrogen and oxygen atoms in total. The number of rotatable bonds is 3. The Morgan fingerprint density at radius 2 is 1.74 bits per heavy atom. The van der Waals surface area contributed by atoms with Gasteiger partial charge in [0.25, 0.3) is 0 Å². The van der Waals surface area contributed by atoms with E-state index in [4.69, 9.17) is 0 Å². The summed E-state index contributed by atoms with van der Waals surface area (Å²) in [5, 5.41) is 0. The number of amides is 1. The minimum atomic E-state index is -0.578. The van der Waals surface area contributed by atoms with Crippen molar-refractivity contribution in [2.24, 2.45) is 22.2 Å². The summed E-state index contributed by atoms with van der Waals surface area (Å²) in [5.74, 6) is 1.08. The largest absolute Gasteiger partial charge is 0.342 e. The van der Waals surface area contributed by atoms with E-state index in [1.54, 1.807) is 0 Å². The Balaban J connectivity index is 1.48. The first kappa shape index (κ1) is 19.2. The van der Waals surface area contributed by atoms with Crippen molar-refractivity contribution in [2.45, 2.75) is 57.7 Å². The van der Waals surface area contributed by atoms with Crippen LogP contribution in [-0.4, -0.2) is 34.5 Å². The van der Waals surface area contributed by atoms with E-state index in [0.717, 1.165) is 45.2 Å². The maximum atomic E-state index is 13.7. The summed E-state index contributed by atoms with van der Waals surface area (Å²) in [4.78, 5) is 28.4. The second-order valence-corrected chi connectivity index (χ2v) is 10.5. The lowest BCUT2D eigenvalue weighted by Crippen LogP contribution is -2.54. The fraction of sp³-hybridized carbons (Fsp3) is 0.652. The molecule has 1 amide bonds. The van der Waals surface area contributed by atoms with Gasteiger partial charge in [0.05, 0.1) is 10.2 Å². The molecule has 3 fully saturated rings. The zero-order chi connectivity index (χ0) is 19.4. The van der Waals surface area contributed by atoms with E-state index >= 15 is 0 Å². The minimum absolute atomic E-state index is 0.210. The van der Waals surface area contributed by atoms with Crippen LogP contribution in [0.2, 0.25) is 0 Å². The molecule has 1 aromatic carbocycles. The lowest BCUT2D eigenvalue weighted by Gasteiger charge is -2.44. The van der Waals surface area contributed by atoms with Gasteiger partial charge in [0.15, 0.2) is 5.78 Å². The van der Waals surface area contributed by atoms with Crippen LogP contribution in [-0.2, 0) is 16.0 Å². The number of likely N-dealkylation sites (tertiary alicyclic amines) is 1. The molecule has 4 rings (SSSR count). The molecule has 2 saturated carbocycles. The molecule has 0 spiro atoms. The van der Waals surface area contributed by atoms with Gasteiger partial charge in [0.2, 0.25) is 5.91 Å². The van der Waals surface area contributed by atoms with E-state index < -0.39 is 5.41 Å². The zero-order valence-corrected chi connectivity index (χ0v) is 18.2. The molecule has 146 valence electrons. The number of Topliss-reactive ketones (excluding diaryl/α,β-unsaturated/α-hetero) is 1. The maximum Gasteiger partial charge on any atom is 0.230 e. The highest BCUT2D eigenvalue weighted by molar-refractivity contribution is 9.10. The molecule has 2 bridgehead atoms. The lowest BCUT2D eigenvalue weighted by molar-refractivity contribution is -0.148. The fourth-order valence-electron chi connectivity index (χ4n) is 6.00. The average Bonchev–Trinajstić information content (AvgIpc) is 2.94. The highest BCUT2D eigenvalue weighted by Crippen LogP contribution is 2.72. The van der Waals surface area contributed by atoms with Gasteiger partial charge in [-0.15, -0.1) is 0 Å². The molecule has 0 radical (unpaired) electrons. The molecule has 1 aromatic rings. The number of alkyl halides is 1. The summed E-state index contributed by atoms with van der Waals surface area (Å²) in [6.07, 6.45) is 4.85. The van der Waals surface area contributed by atoms with Gasteiger partial charge in [-0.2, -0.15) is 0 Å². The normalized spacial score (nSPS) is 35.6. The van der Waals surface area contributed by atoms with E-state index in [-0.39, 0.29) is 27.3 Å². The molecule has 2 aliphatic carbocycles. The molecule has 1 aliphatic heterocycles. The molecule has 0 aromatic heterocycles. The lowest BCUT2D eigenvalue weighted by atomic mass is 9.64. The van der Waals surface area contributed by atoms with Crippen LogP contribution in [0, 0.1) is 22.2 Å². The Labute approximate surface area is 171 Å². The van der Waals surface area contributed by atoms with Crippen LogP contribution < -0.4 is 0 Å². The quantitative estimate of drug-likeness (QED) is 0.654. The number of halogens is 1. The van der Waals surface area contributed by atoms with Gasteiger partial charge in [0.1, 0.15) is 0 Å². The van der Waals surface area contributed by atoms with Crippen molar-refractivity contribution >= 4 is 27.6 Å². The first-order valence-corrected chi connectivity index (χ1v) is 11.2. The number of carbonyl (C=O) groups excluding carboxylic acids is 2. The first-order valence-electron chi connectivity index (χ1n) is 10.3. The van der Waals surface area contributed by atoms with E-state index in [1.807, 2.05) is 0 Å². The minimum Gasteiger partial charge on any atom is -0.342 e. The van der Waals surface area contributed by atoms with Crippen molar-refractivity contribution in [3.8, 4) is 0 Å². The van der Waals surface area contributed by atoms with Crippen LogP contribution in [0.25, 0.3) is 0 Å². The number of carbonyl (C=O) groups is 2. The summed E-state index contributed by atoms with van der Waals surface area (Å²) in [6, 6.07) is 10.6. The molecule has 3 atom stereocenters. The van der Waals surface area contributed by atoms with Crippen molar-refractivity contribution in [1.82, 2.24) is 4.90 Å². The summed E-state index contributed by atoms with van der Waals surface area (Å²) in [6.45, 7) is 7.98. The predicted molar refractivity (Wildman–Crippen MR) is 111 cm³/mol. The number of fused-ring (bicyclic) bond motifs is 2. The van der Waals surface area contributed by atoms with Crippen molar-refractivity contribution < 1.29 is 9.59 Å². The third kappa shape index (κ3) is 2.51. The summed E-state index contributed by atoms with van der Waals surface area (Å²) in [5.41, 5.74) is 0.118. The van der Waals surface area contributed by atoms with Crippen molar-refractivity contribution in [1.29, 1.82) is 0 Å². The smallest absolute Gasteiger partial charge is 0.230 e. The number of benzene rings is 1. The van der Waals surface area contributed by atoms with Gasteiger partial charge >= 0.3 is 0 Å². The molecular weight excluding hydrogens is 402 g/mol. The van der Waals surface area contributed by atoms with Crippen molar-refractivity contribution in [3.05, 3.63) is 35.9 Å². The maximum absolute atomic E-state index is 13.7. The summed E-state index contributed by atoms with van der Waals surface area (Å²) < 4.78 is 0. The van der Waals surface area contributed by atoms with E-state index in [1.165, 1.54) is 5.56 Å². The third-order valence-corrected chi connectivity index (χ3v) is 9.57. The second-order valence-electron chi connectivity index (χ2n) is 9.58. The standard InChI is InChI=1S/C23H30BrNO2/c1-21(2)22(3)11-12-23(21,18(24)19(22)26)20(27)25-13-9-17(10-14-25)15-16-7-5-4-6-8-16/h4-8,17-18H,9-15H2,1-3H3. The van der Waals surface area contributed by atoms with Gasteiger partial charge in [0, 0.05) is 18.5 Å². The average molecular weight is 432 g/mol. The Bertz CT molecular complexity index is 753. The highest BCUT2D eigenvalue weighted by Gasteiger charge is 2.77. The SMILES string of the molecule is CC12CCC(C(=O)N3CCC(Cc4ccccc4)CC3)(C(Br)C1=O)C2(C)C. The molecule has 3 aliphatic rings. The molecule has 0 N–H and O–H groups in total. The second kappa shape index (κ2) is 6.43. The summed E-state index contributed by atoms with van der Waals surface area (Å²) >= 11 is 3.66. The predicted octanol–water partition coefficient (Wildman–Crippen LogP) is 4.63.